The van der Waals surface area contributed by atoms with E-state index >= 15 is 0 Å². The number of carbonyl (C=O) groups excluding carboxylic acids is 1. The molecule has 0 spiro atoms. The predicted molar refractivity (Wildman–Crippen MR) is 53.0 cm³/mol. The average molecular weight is 180 g/mol. The van der Waals surface area contributed by atoms with Crippen molar-refractivity contribution in [1.82, 2.24) is 0 Å². The Morgan fingerprint density at radius 3 is 2.85 bits per heavy atom. The lowest BCUT2D eigenvalue weighted by molar-refractivity contribution is -0.147. The first kappa shape index (κ1) is 11.8. The van der Waals surface area contributed by atoms with Crippen LogP contribution in [-0.4, -0.2) is 12.6 Å². The third kappa shape index (κ3) is 5.08. The van der Waals surface area contributed by atoms with Gasteiger partial charge in [-0.1, -0.05) is 6.08 Å². The van der Waals surface area contributed by atoms with Gasteiger partial charge in [0.25, 0.3) is 0 Å². The highest BCUT2D eigenvalue weighted by Crippen LogP contribution is 2.10. The van der Waals surface area contributed by atoms with E-state index in [2.05, 4.69) is 18.4 Å². The van der Waals surface area contributed by atoms with E-state index in [4.69, 9.17) is 4.74 Å². The van der Waals surface area contributed by atoms with Crippen LogP contribution in [-0.2, 0) is 9.53 Å². The van der Waals surface area contributed by atoms with Crippen molar-refractivity contribution in [2.45, 2.75) is 26.7 Å². The molecule has 2 heteroatoms. The Bertz CT molecular complexity index is 220. The summed E-state index contributed by atoms with van der Waals surface area (Å²) in [5.41, 5.74) is 0. The van der Waals surface area contributed by atoms with Crippen molar-refractivity contribution in [3.8, 4) is 11.8 Å². The zero-order valence-corrected chi connectivity index (χ0v) is 8.30. The Kier molecular flexibility index (Phi) is 6.72. The van der Waals surface area contributed by atoms with Gasteiger partial charge >= 0.3 is 5.97 Å². The zero-order chi connectivity index (χ0) is 10.1. The summed E-state index contributed by atoms with van der Waals surface area (Å²) in [5, 5.41) is 0. The van der Waals surface area contributed by atoms with Crippen LogP contribution in [0.5, 0.6) is 0 Å². The summed E-state index contributed by atoms with van der Waals surface area (Å²) < 4.78 is 4.90. The smallest absolute Gasteiger partial charge is 0.310 e. The molecule has 0 fully saturated rings. The van der Waals surface area contributed by atoms with E-state index in [1.54, 1.807) is 19.9 Å². The van der Waals surface area contributed by atoms with Gasteiger partial charge in [0.1, 0.15) is 0 Å². The number of ether oxygens (including phenoxy) is 1. The molecule has 0 bridgehead atoms. The highest BCUT2D eigenvalue weighted by atomic mass is 16.5. The van der Waals surface area contributed by atoms with Crippen molar-refractivity contribution in [2.24, 2.45) is 5.92 Å². The van der Waals surface area contributed by atoms with Gasteiger partial charge in [0.05, 0.1) is 12.5 Å². The maximum atomic E-state index is 11.3. The first-order chi connectivity index (χ1) is 6.26. The molecule has 0 aliphatic carbocycles. The molecule has 2 nitrogen and oxygen atoms in total. The van der Waals surface area contributed by atoms with Crippen LogP contribution in [0, 0.1) is 17.8 Å². The Balaban J connectivity index is 4.10. The van der Waals surface area contributed by atoms with Gasteiger partial charge in [-0.3, -0.25) is 4.79 Å². The first-order valence-corrected chi connectivity index (χ1v) is 4.43. The van der Waals surface area contributed by atoms with E-state index in [1.807, 2.05) is 0 Å². The molecule has 0 aromatic carbocycles. The van der Waals surface area contributed by atoms with Crippen molar-refractivity contribution in [2.75, 3.05) is 6.61 Å². The summed E-state index contributed by atoms with van der Waals surface area (Å²) in [7, 11) is 0. The number of allylic oxidation sites excluding steroid dienone is 1. The lowest BCUT2D eigenvalue weighted by atomic mass is 10.0. The Hall–Kier alpha value is -1.23. The van der Waals surface area contributed by atoms with Crippen LogP contribution in [0.4, 0.5) is 0 Å². The third-order valence-corrected chi connectivity index (χ3v) is 1.60. The quantitative estimate of drug-likeness (QED) is 0.368. The Morgan fingerprint density at radius 1 is 1.69 bits per heavy atom. The molecule has 0 aliphatic heterocycles. The molecule has 0 amide bonds. The van der Waals surface area contributed by atoms with E-state index in [9.17, 15) is 4.79 Å². The summed E-state index contributed by atoms with van der Waals surface area (Å²) >= 11 is 0. The number of carbonyl (C=O) groups is 1. The minimum Gasteiger partial charge on any atom is -0.466 e. The van der Waals surface area contributed by atoms with E-state index in [0.29, 0.717) is 19.4 Å². The molecule has 0 saturated heterocycles. The number of esters is 1. The van der Waals surface area contributed by atoms with Crippen molar-refractivity contribution in [3.63, 3.8) is 0 Å². The molecular formula is C11H16O2. The number of hydrogen-bond donors (Lipinski definition) is 0. The van der Waals surface area contributed by atoms with Gasteiger partial charge in [-0.15, -0.1) is 18.4 Å². The van der Waals surface area contributed by atoms with Gasteiger partial charge in [0.2, 0.25) is 0 Å². The van der Waals surface area contributed by atoms with Gasteiger partial charge in [-0.2, -0.15) is 0 Å². The minimum absolute atomic E-state index is 0.148. The number of rotatable bonds is 5. The fourth-order valence-corrected chi connectivity index (χ4v) is 0.949. The van der Waals surface area contributed by atoms with E-state index in [-0.39, 0.29) is 11.9 Å². The van der Waals surface area contributed by atoms with Gasteiger partial charge in [0.15, 0.2) is 0 Å². The van der Waals surface area contributed by atoms with Crippen molar-refractivity contribution >= 4 is 5.97 Å². The third-order valence-electron chi connectivity index (χ3n) is 1.60. The van der Waals surface area contributed by atoms with Gasteiger partial charge in [-0.05, 0) is 20.3 Å². The maximum absolute atomic E-state index is 11.3. The molecule has 0 heterocycles. The monoisotopic (exact) mass is 180 g/mol. The van der Waals surface area contributed by atoms with E-state index in [0.717, 1.165) is 0 Å². The van der Waals surface area contributed by atoms with E-state index < -0.39 is 0 Å². The Labute approximate surface area is 80.0 Å². The molecule has 0 aromatic heterocycles. The molecule has 72 valence electrons. The largest absolute Gasteiger partial charge is 0.466 e. The van der Waals surface area contributed by atoms with Crippen LogP contribution < -0.4 is 0 Å². The first-order valence-electron chi connectivity index (χ1n) is 4.43. The summed E-state index contributed by atoms with van der Waals surface area (Å²) in [6, 6.07) is 0. The van der Waals surface area contributed by atoms with Crippen LogP contribution in [0.15, 0.2) is 12.7 Å². The fraction of sp³-hybridized carbons (Fsp3) is 0.545. The molecule has 0 saturated carbocycles. The normalized spacial score (nSPS) is 10.9. The summed E-state index contributed by atoms with van der Waals surface area (Å²) in [5.74, 6) is 5.31. The summed E-state index contributed by atoms with van der Waals surface area (Å²) in [6.45, 7) is 7.58. The molecule has 13 heavy (non-hydrogen) atoms. The van der Waals surface area contributed by atoms with Crippen LogP contribution in [0.25, 0.3) is 0 Å². The SMILES string of the molecule is C=CCC(CC#CC)C(=O)OCC. The topological polar surface area (TPSA) is 26.3 Å². The lowest BCUT2D eigenvalue weighted by Crippen LogP contribution is -2.16. The molecule has 0 radical (unpaired) electrons. The molecular weight excluding hydrogens is 164 g/mol. The van der Waals surface area contributed by atoms with Crippen LogP contribution in [0.3, 0.4) is 0 Å². The molecule has 0 N–H and O–H groups in total. The highest BCUT2D eigenvalue weighted by Gasteiger charge is 2.16. The van der Waals surface area contributed by atoms with Crippen LogP contribution >= 0.6 is 0 Å². The summed E-state index contributed by atoms with van der Waals surface area (Å²) in [4.78, 5) is 11.3. The standard InChI is InChI=1S/C11H16O2/c1-4-7-9-10(8-5-2)11(12)13-6-3/h5,10H,2,6,8-9H2,1,3H3. The molecule has 0 rings (SSSR count). The average Bonchev–Trinajstić information content (AvgIpc) is 2.12. The highest BCUT2D eigenvalue weighted by molar-refractivity contribution is 5.73. The second-order valence-corrected chi connectivity index (χ2v) is 2.60. The van der Waals surface area contributed by atoms with Crippen LogP contribution in [0.1, 0.15) is 26.7 Å². The zero-order valence-electron chi connectivity index (χ0n) is 8.30. The van der Waals surface area contributed by atoms with Gasteiger partial charge < -0.3 is 4.74 Å². The molecule has 1 unspecified atom stereocenters. The van der Waals surface area contributed by atoms with E-state index in [1.165, 1.54) is 0 Å². The van der Waals surface area contributed by atoms with Crippen molar-refractivity contribution in [1.29, 1.82) is 0 Å². The van der Waals surface area contributed by atoms with Gasteiger partial charge in [-0.25, -0.2) is 0 Å². The minimum atomic E-state index is -0.176. The van der Waals surface area contributed by atoms with Gasteiger partial charge in [0, 0.05) is 6.42 Å². The molecule has 0 aromatic rings. The second-order valence-electron chi connectivity index (χ2n) is 2.60. The van der Waals surface area contributed by atoms with Crippen LogP contribution in [0.2, 0.25) is 0 Å². The lowest BCUT2D eigenvalue weighted by Gasteiger charge is -2.09. The molecule has 1 atom stereocenters. The number of hydrogen-bond acceptors (Lipinski definition) is 2. The predicted octanol–water partition coefficient (Wildman–Crippen LogP) is 2.16. The second kappa shape index (κ2) is 7.42. The summed E-state index contributed by atoms with van der Waals surface area (Å²) in [6.07, 6.45) is 2.91. The van der Waals surface area contributed by atoms with Crippen molar-refractivity contribution < 1.29 is 9.53 Å². The molecule has 0 aliphatic rings. The van der Waals surface area contributed by atoms with Crippen molar-refractivity contribution in [3.05, 3.63) is 12.7 Å². The maximum Gasteiger partial charge on any atom is 0.310 e. The Morgan fingerprint density at radius 2 is 2.38 bits per heavy atom. The fourth-order valence-electron chi connectivity index (χ4n) is 0.949.